The lowest BCUT2D eigenvalue weighted by atomic mass is 10.1. The maximum atomic E-state index is 12.9. The highest BCUT2D eigenvalue weighted by Gasteiger charge is 2.14. The molecule has 1 aliphatic rings. The first kappa shape index (κ1) is 15.9. The van der Waals surface area contributed by atoms with Crippen molar-refractivity contribution in [3.8, 4) is 0 Å². The third-order valence-corrected chi connectivity index (χ3v) is 3.07. The normalized spacial score (nSPS) is 17.9. The highest BCUT2D eigenvalue weighted by molar-refractivity contribution is 5.94. The molecule has 0 saturated carbocycles. The number of nitrogens with one attached hydrogen (secondary N) is 2. The molecule has 2 N–H and O–H groups in total. The molecule has 1 atom stereocenters. The van der Waals surface area contributed by atoms with Gasteiger partial charge in [0.25, 0.3) is 5.91 Å². The van der Waals surface area contributed by atoms with E-state index in [1.807, 2.05) is 0 Å². The average molecular weight is 291 g/mol. The number of benzene rings is 1. The Morgan fingerprint density at radius 2 is 2.00 bits per heavy atom. The van der Waals surface area contributed by atoms with Gasteiger partial charge in [-0.3, -0.25) is 4.79 Å². The molecular weight excluding hydrogens is 274 g/mol. The van der Waals surface area contributed by atoms with E-state index in [-0.39, 0.29) is 18.0 Å². The maximum absolute atomic E-state index is 12.9. The number of carbonyl (C=O) groups excluding carboxylic acids is 1. The highest BCUT2D eigenvalue weighted by atomic mass is 35.5. The third kappa shape index (κ3) is 4.76. The van der Waals surface area contributed by atoms with Gasteiger partial charge in [-0.15, -0.1) is 12.4 Å². The molecule has 0 bridgehead atoms. The molecule has 6 heteroatoms. The molecule has 3 nitrogen and oxygen atoms in total. The number of rotatable bonds is 4. The number of hydrogen-bond donors (Lipinski definition) is 2. The van der Waals surface area contributed by atoms with Gasteiger partial charge in [-0.05, 0) is 37.9 Å². The quantitative estimate of drug-likeness (QED) is 0.893. The SMILES string of the molecule is Cl.O=C(NCC[C@H]1CCCN1)c1cc(F)cc(F)c1. The standard InChI is InChI=1S/C13H16F2N2O.ClH/c14-10-6-9(7-11(15)8-10)13(18)17-5-3-12-2-1-4-16-12;/h6-8,12,16H,1-5H2,(H,17,18);1H/t12-;/m1./s1. The zero-order valence-corrected chi connectivity index (χ0v) is 11.2. The molecule has 19 heavy (non-hydrogen) atoms. The van der Waals surface area contributed by atoms with E-state index in [0.717, 1.165) is 44.0 Å². The van der Waals surface area contributed by atoms with E-state index in [1.54, 1.807) is 0 Å². The van der Waals surface area contributed by atoms with E-state index in [4.69, 9.17) is 0 Å². The van der Waals surface area contributed by atoms with Gasteiger partial charge in [-0.1, -0.05) is 0 Å². The van der Waals surface area contributed by atoms with Crippen molar-refractivity contribution >= 4 is 18.3 Å². The van der Waals surface area contributed by atoms with Crippen LogP contribution in [-0.2, 0) is 0 Å². The summed E-state index contributed by atoms with van der Waals surface area (Å²) < 4.78 is 25.9. The van der Waals surface area contributed by atoms with Gasteiger partial charge < -0.3 is 10.6 Å². The van der Waals surface area contributed by atoms with Gasteiger partial charge >= 0.3 is 0 Å². The van der Waals surface area contributed by atoms with E-state index >= 15 is 0 Å². The number of halogens is 3. The molecule has 0 aromatic heterocycles. The van der Waals surface area contributed by atoms with Crippen molar-refractivity contribution < 1.29 is 13.6 Å². The summed E-state index contributed by atoms with van der Waals surface area (Å²) in [5, 5.41) is 5.99. The zero-order valence-electron chi connectivity index (χ0n) is 10.4. The minimum Gasteiger partial charge on any atom is -0.352 e. The minimum atomic E-state index is -0.738. The Kier molecular flexibility index (Phi) is 6.18. The Bertz CT molecular complexity index is 416. The van der Waals surface area contributed by atoms with E-state index in [2.05, 4.69) is 10.6 Å². The van der Waals surface area contributed by atoms with Crippen LogP contribution in [0, 0.1) is 11.6 Å². The second-order valence-corrected chi connectivity index (χ2v) is 4.50. The Balaban J connectivity index is 0.00000180. The lowest BCUT2D eigenvalue weighted by Gasteiger charge is -2.10. The molecule has 1 aromatic rings. The third-order valence-electron chi connectivity index (χ3n) is 3.07. The van der Waals surface area contributed by atoms with Gasteiger partial charge in [-0.2, -0.15) is 0 Å². The molecule has 0 radical (unpaired) electrons. The van der Waals surface area contributed by atoms with Gasteiger partial charge in [0, 0.05) is 24.2 Å². The number of carbonyl (C=O) groups is 1. The van der Waals surface area contributed by atoms with Crippen LogP contribution in [0.25, 0.3) is 0 Å². The maximum Gasteiger partial charge on any atom is 0.251 e. The van der Waals surface area contributed by atoms with Crippen LogP contribution in [0.15, 0.2) is 18.2 Å². The molecule has 1 aliphatic heterocycles. The summed E-state index contributed by atoms with van der Waals surface area (Å²) in [4.78, 5) is 11.7. The van der Waals surface area contributed by atoms with Crippen LogP contribution in [-0.4, -0.2) is 25.0 Å². The fourth-order valence-corrected chi connectivity index (χ4v) is 2.15. The van der Waals surface area contributed by atoms with Crippen LogP contribution >= 0.6 is 12.4 Å². The summed E-state index contributed by atoms with van der Waals surface area (Å²) in [5.41, 5.74) is 0.0203. The van der Waals surface area contributed by atoms with Crippen LogP contribution in [0.4, 0.5) is 8.78 Å². The first-order valence-corrected chi connectivity index (χ1v) is 6.13. The predicted octanol–water partition coefficient (Wildman–Crippen LogP) is 2.26. The fraction of sp³-hybridized carbons (Fsp3) is 0.462. The topological polar surface area (TPSA) is 41.1 Å². The van der Waals surface area contributed by atoms with Crippen molar-refractivity contribution in [1.29, 1.82) is 0 Å². The molecule has 1 fully saturated rings. The van der Waals surface area contributed by atoms with E-state index in [1.165, 1.54) is 0 Å². The second kappa shape index (κ2) is 7.40. The van der Waals surface area contributed by atoms with Crippen LogP contribution in [0.3, 0.4) is 0 Å². The summed E-state index contributed by atoms with van der Waals surface area (Å²) in [7, 11) is 0. The lowest BCUT2D eigenvalue weighted by Crippen LogP contribution is -2.30. The summed E-state index contributed by atoms with van der Waals surface area (Å²) in [6.45, 7) is 1.53. The molecule has 0 aliphatic carbocycles. The second-order valence-electron chi connectivity index (χ2n) is 4.50. The summed E-state index contributed by atoms with van der Waals surface area (Å²) in [6.07, 6.45) is 3.11. The number of hydrogen-bond acceptors (Lipinski definition) is 2. The van der Waals surface area contributed by atoms with Crippen molar-refractivity contribution in [2.75, 3.05) is 13.1 Å². The van der Waals surface area contributed by atoms with Crippen LogP contribution in [0.2, 0.25) is 0 Å². The lowest BCUT2D eigenvalue weighted by molar-refractivity contribution is 0.0951. The smallest absolute Gasteiger partial charge is 0.251 e. The van der Waals surface area contributed by atoms with Crippen molar-refractivity contribution in [2.45, 2.75) is 25.3 Å². The van der Waals surface area contributed by atoms with Crippen molar-refractivity contribution in [1.82, 2.24) is 10.6 Å². The van der Waals surface area contributed by atoms with Crippen LogP contribution in [0.1, 0.15) is 29.6 Å². The van der Waals surface area contributed by atoms with E-state index < -0.39 is 17.5 Å². The largest absolute Gasteiger partial charge is 0.352 e. The van der Waals surface area contributed by atoms with Crippen LogP contribution < -0.4 is 10.6 Å². The first-order chi connectivity index (χ1) is 8.65. The van der Waals surface area contributed by atoms with E-state index in [0.29, 0.717) is 12.6 Å². The molecular formula is C13H17ClF2N2O. The minimum absolute atomic E-state index is 0. The van der Waals surface area contributed by atoms with Crippen molar-refractivity contribution in [3.63, 3.8) is 0 Å². The van der Waals surface area contributed by atoms with Crippen molar-refractivity contribution in [2.24, 2.45) is 0 Å². The molecule has 106 valence electrons. The molecule has 0 unspecified atom stereocenters. The van der Waals surface area contributed by atoms with Gasteiger partial charge in [-0.25, -0.2) is 8.78 Å². The monoisotopic (exact) mass is 290 g/mol. The predicted molar refractivity (Wildman–Crippen MR) is 71.6 cm³/mol. The summed E-state index contributed by atoms with van der Waals surface area (Å²) in [6, 6.07) is 3.26. The van der Waals surface area contributed by atoms with Crippen LogP contribution in [0.5, 0.6) is 0 Å². The molecule has 1 amide bonds. The van der Waals surface area contributed by atoms with Gasteiger partial charge in [0.15, 0.2) is 0 Å². The van der Waals surface area contributed by atoms with E-state index in [9.17, 15) is 13.6 Å². The molecule has 0 spiro atoms. The summed E-state index contributed by atoms with van der Waals surface area (Å²) >= 11 is 0. The highest BCUT2D eigenvalue weighted by Crippen LogP contribution is 2.09. The Morgan fingerprint density at radius 3 is 2.58 bits per heavy atom. The van der Waals surface area contributed by atoms with Crippen molar-refractivity contribution in [3.05, 3.63) is 35.4 Å². The first-order valence-electron chi connectivity index (χ1n) is 6.13. The molecule has 1 heterocycles. The molecule has 2 rings (SSSR count). The molecule has 1 saturated heterocycles. The van der Waals surface area contributed by atoms with Gasteiger partial charge in [0.05, 0.1) is 0 Å². The fourth-order valence-electron chi connectivity index (χ4n) is 2.15. The van der Waals surface area contributed by atoms with Gasteiger partial charge in [0.2, 0.25) is 0 Å². The number of amides is 1. The summed E-state index contributed by atoms with van der Waals surface area (Å²) in [5.74, 6) is -1.92. The Hall–Kier alpha value is -1.20. The Labute approximate surface area is 117 Å². The molecule has 1 aromatic carbocycles. The average Bonchev–Trinajstić information content (AvgIpc) is 2.80. The Morgan fingerprint density at radius 1 is 1.32 bits per heavy atom. The zero-order chi connectivity index (χ0) is 13.0. The van der Waals surface area contributed by atoms with Gasteiger partial charge in [0.1, 0.15) is 11.6 Å².